The smallest absolute Gasteiger partial charge is 0.265 e. The van der Waals surface area contributed by atoms with Gasteiger partial charge in [0.25, 0.3) is 5.91 Å². The Morgan fingerprint density at radius 2 is 2.17 bits per heavy atom. The molecule has 0 saturated heterocycles. The van der Waals surface area contributed by atoms with Gasteiger partial charge in [0.2, 0.25) is 0 Å². The summed E-state index contributed by atoms with van der Waals surface area (Å²) >= 11 is 1.58. The largest absolute Gasteiger partial charge is 0.364 e. The van der Waals surface area contributed by atoms with Gasteiger partial charge in [0, 0.05) is 10.9 Å². The molecule has 2 aromatic heterocycles. The third kappa shape index (κ3) is 1.62. The number of aromatic amines is 1. The zero-order valence-electron chi connectivity index (χ0n) is 9.86. The van der Waals surface area contributed by atoms with E-state index < -0.39 is 5.91 Å². The summed E-state index contributed by atoms with van der Waals surface area (Å²) in [6, 6.07) is 10.1. The summed E-state index contributed by atoms with van der Waals surface area (Å²) in [6.45, 7) is 2.03. The Balaban J connectivity index is 2.35. The first-order valence-corrected chi connectivity index (χ1v) is 6.51. The second-order valence-corrected chi connectivity index (χ2v) is 5.19. The van der Waals surface area contributed by atoms with E-state index in [1.807, 2.05) is 36.6 Å². The Kier molecular flexibility index (Phi) is 2.45. The highest BCUT2D eigenvalue weighted by atomic mass is 32.1. The number of H-pyrrole nitrogens is 1. The minimum atomic E-state index is -0.421. The molecule has 3 nitrogen and oxygen atoms in total. The summed E-state index contributed by atoms with van der Waals surface area (Å²) in [4.78, 5) is 15.6. The first-order valence-electron chi connectivity index (χ1n) is 5.63. The van der Waals surface area contributed by atoms with Crippen molar-refractivity contribution in [2.24, 2.45) is 5.73 Å². The quantitative estimate of drug-likeness (QED) is 0.726. The van der Waals surface area contributed by atoms with E-state index in [4.69, 9.17) is 5.73 Å². The van der Waals surface area contributed by atoms with E-state index in [-0.39, 0.29) is 0 Å². The van der Waals surface area contributed by atoms with Gasteiger partial charge in [-0.05, 0) is 23.9 Å². The molecule has 0 aliphatic carbocycles. The van der Waals surface area contributed by atoms with Crippen LogP contribution < -0.4 is 5.73 Å². The Morgan fingerprint density at radius 3 is 2.89 bits per heavy atom. The molecule has 0 spiro atoms. The van der Waals surface area contributed by atoms with Crippen molar-refractivity contribution >= 4 is 27.5 Å². The maximum Gasteiger partial charge on any atom is 0.265 e. The molecular weight excluding hydrogens is 244 g/mol. The molecule has 0 radical (unpaired) electrons. The van der Waals surface area contributed by atoms with Crippen LogP contribution in [0.2, 0.25) is 0 Å². The van der Waals surface area contributed by atoms with E-state index in [1.165, 1.54) is 0 Å². The van der Waals surface area contributed by atoms with Gasteiger partial charge in [-0.15, -0.1) is 11.3 Å². The SMILES string of the molecule is Cc1cccc(-c2c(C(N)=O)[nH]c3sccc23)c1. The van der Waals surface area contributed by atoms with Crippen molar-refractivity contribution in [1.29, 1.82) is 0 Å². The number of hydrogen-bond acceptors (Lipinski definition) is 2. The van der Waals surface area contributed by atoms with Crippen molar-refractivity contribution < 1.29 is 4.79 Å². The van der Waals surface area contributed by atoms with E-state index >= 15 is 0 Å². The number of benzene rings is 1. The van der Waals surface area contributed by atoms with E-state index in [2.05, 4.69) is 11.1 Å². The molecule has 18 heavy (non-hydrogen) atoms. The van der Waals surface area contributed by atoms with E-state index in [9.17, 15) is 4.79 Å². The van der Waals surface area contributed by atoms with Gasteiger partial charge in [0.15, 0.2) is 0 Å². The second kappa shape index (κ2) is 3.99. The molecule has 90 valence electrons. The molecule has 0 bridgehead atoms. The molecule has 0 unspecified atom stereocenters. The number of thiophene rings is 1. The molecule has 2 heterocycles. The number of nitrogens with two attached hydrogens (primary N) is 1. The van der Waals surface area contributed by atoms with Gasteiger partial charge in [-0.2, -0.15) is 0 Å². The number of aryl methyl sites for hydroxylation is 1. The number of rotatable bonds is 2. The molecule has 4 heteroatoms. The van der Waals surface area contributed by atoms with Crippen molar-refractivity contribution in [3.63, 3.8) is 0 Å². The lowest BCUT2D eigenvalue weighted by Gasteiger charge is -2.03. The first kappa shape index (κ1) is 11.0. The number of amides is 1. The third-order valence-corrected chi connectivity index (χ3v) is 3.81. The highest BCUT2D eigenvalue weighted by Crippen LogP contribution is 2.35. The van der Waals surface area contributed by atoms with Crippen LogP contribution in [0.3, 0.4) is 0 Å². The van der Waals surface area contributed by atoms with Crippen LogP contribution in [0, 0.1) is 6.92 Å². The predicted molar refractivity (Wildman–Crippen MR) is 74.9 cm³/mol. The highest BCUT2D eigenvalue weighted by molar-refractivity contribution is 7.16. The van der Waals surface area contributed by atoms with Gasteiger partial charge >= 0.3 is 0 Å². The summed E-state index contributed by atoms with van der Waals surface area (Å²) in [7, 11) is 0. The van der Waals surface area contributed by atoms with Gasteiger partial charge in [-0.25, -0.2) is 0 Å². The average molecular weight is 256 g/mol. The summed E-state index contributed by atoms with van der Waals surface area (Å²) < 4.78 is 0. The van der Waals surface area contributed by atoms with Gasteiger partial charge in [-0.1, -0.05) is 29.8 Å². The number of aromatic nitrogens is 1. The van der Waals surface area contributed by atoms with Crippen molar-refractivity contribution in [1.82, 2.24) is 4.98 Å². The Hall–Kier alpha value is -2.07. The first-order chi connectivity index (χ1) is 8.66. The fourth-order valence-corrected chi connectivity index (χ4v) is 3.00. The van der Waals surface area contributed by atoms with Crippen LogP contribution in [0.1, 0.15) is 16.1 Å². The van der Waals surface area contributed by atoms with Crippen LogP contribution in [0.5, 0.6) is 0 Å². The zero-order chi connectivity index (χ0) is 12.7. The molecule has 0 atom stereocenters. The lowest BCUT2D eigenvalue weighted by molar-refractivity contribution is 0.0997. The molecule has 0 aliphatic rings. The Bertz CT molecular complexity index is 739. The maximum absolute atomic E-state index is 11.5. The van der Waals surface area contributed by atoms with Gasteiger partial charge in [-0.3, -0.25) is 4.79 Å². The van der Waals surface area contributed by atoms with Crippen molar-refractivity contribution in [2.75, 3.05) is 0 Å². The van der Waals surface area contributed by atoms with Crippen LogP contribution in [0.4, 0.5) is 0 Å². The number of fused-ring (bicyclic) bond motifs is 1. The van der Waals surface area contributed by atoms with Gasteiger partial charge in [0.05, 0.1) is 0 Å². The van der Waals surface area contributed by atoms with Crippen LogP contribution in [-0.2, 0) is 0 Å². The van der Waals surface area contributed by atoms with E-state index in [0.717, 1.165) is 26.9 Å². The number of carbonyl (C=O) groups excluding carboxylic acids is 1. The standard InChI is InChI=1S/C14H12N2OS/c1-8-3-2-4-9(7-8)11-10-5-6-18-14(10)16-12(11)13(15)17/h2-7,16H,1H3,(H2,15,17). The van der Waals surface area contributed by atoms with Gasteiger partial charge < -0.3 is 10.7 Å². The van der Waals surface area contributed by atoms with E-state index in [1.54, 1.807) is 11.3 Å². The summed E-state index contributed by atoms with van der Waals surface area (Å²) in [6.07, 6.45) is 0. The van der Waals surface area contributed by atoms with Crippen LogP contribution in [-0.4, -0.2) is 10.9 Å². The third-order valence-electron chi connectivity index (χ3n) is 2.98. The maximum atomic E-state index is 11.5. The molecule has 0 saturated carbocycles. The second-order valence-electron chi connectivity index (χ2n) is 4.27. The molecule has 0 fully saturated rings. The monoisotopic (exact) mass is 256 g/mol. The minimum absolute atomic E-state index is 0.421. The molecule has 0 aliphatic heterocycles. The summed E-state index contributed by atoms with van der Waals surface area (Å²) in [5.41, 5.74) is 9.02. The normalized spacial score (nSPS) is 10.9. The molecule has 3 aromatic rings. The Labute approximate surface area is 108 Å². The van der Waals surface area contributed by atoms with Crippen LogP contribution in [0.15, 0.2) is 35.7 Å². The average Bonchev–Trinajstić information content (AvgIpc) is 2.87. The van der Waals surface area contributed by atoms with Crippen LogP contribution >= 0.6 is 11.3 Å². The lowest BCUT2D eigenvalue weighted by Crippen LogP contribution is -2.12. The van der Waals surface area contributed by atoms with Crippen molar-refractivity contribution in [2.45, 2.75) is 6.92 Å². The topological polar surface area (TPSA) is 58.9 Å². The van der Waals surface area contributed by atoms with Gasteiger partial charge in [0.1, 0.15) is 10.5 Å². The number of carbonyl (C=O) groups is 1. The van der Waals surface area contributed by atoms with Crippen LogP contribution in [0.25, 0.3) is 21.3 Å². The minimum Gasteiger partial charge on any atom is -0.364 e. The number of hydrogen-bond donors (Lipinski definition) is 2. The molecular formula is C14H12N2OS. The fourth-order valence-electron chi connectivity index (χ4n) is 2.20. The summed E-state index contributed by atoms with van der Waals surface area (Å²) in [5, 5.41) is 3.06. The predicted octanol–water partition coefficient (Wildman–Crippen LogP) is 3.30. The van der Waals surface area contributed by atoms with E-state index in [0.29, 0.717) is 5.69 Å². The number of nitrogens with one attached hydrogen (secondary N) is 1. The zero-order valence-corrected chi connectivity index (χ0v) is 10.7. The van der Waals surface area contributed by atoms with Crippen molar-refractivity contribution in [3.8, 4) is 11.1 Å². The number of primary amides is 1. The summed E-state index contributed by atoms with van der Waals surface area (Å²) in [5.74, 6) is -0.421. The Morgan fingerprint density at radius 1 is 1.33 bits per heavy atom. The highest BCUT2D eigenvalue weighted by Gasteiger charge is 2.17. The molecule has 1 amide bonds. The lowest BCUT2D eigenvalue weighted by atomic mass is 10.0. The molecule has 3 rings (SSSR count). The van der Waals surface area contributed by atoms with Crippen molar-refractivity contribution in [3.05, 3.63) is 47.0 Å². The fraction of sp³-hybridized carbons (Fsp3) is 0.0714. The molecule has 3 N–H and O–H groups in total. The molecule has 1 aromatic carbocycles.